The van der Waals surface area contributed by atoms with Crippen molar-refractivity contribution in [3.8, 4) is 17.0 Å². The van der Waals surface area contributed by atoms with Crippen molar-refractivity contribution in [1.82, 2.24) is 9.55 Å². The van der Waals surface area contributed by atoms with Crippen LogP contribution in [0.3, 0.4) is 0 Å². The number of fused-ring (bicyclic) bond motifs is 1. The monoisotopic (exact) mass is 392 g/mol. The van der Waals surface area contributed by atoms with Gasteiger partial charge in [-0.1, -0.05) is 30.3 Å². The minimum atomic E-state index is -4.90. The molecular weight excluding hydrogens is 377 g/mol. The van der Waals surface area contributed by atoms with Gasteiger partial charge < -0.3 is 14.4 Å². The number of aromatic hydroxyl groups is 1. The Bertz CT molecular complexity index is 1120. The third-order valence-corrected chi connectivity index (χ3v) is 4.16. The Labute approximate surface area is 156 Å². The molecule has 1 N–H and O–H groups in total. The summed E-state index contributed by atoms with van der Waals surface area (Å²) in [6.07, 6.45) is -4.90. The van der Waals surface area contributed by atoms with E-state index in [9.17, 15) is 27.9 Å². The molecule has 0 unspecified atom stereocenters. The van der Waals surface area contributed by atoms with E-state index in [0.717, 1.165) is 7.05 Å². The van der Waals surface area contributed by atoms with E-state index in [2.05, 4.69) is 4.98 Å². The molecule has 2 heterocycles. The zero-order chi connectivity index (χ0) is 20.6. The summed E-state index contributed by atoms with van der Waals surface area (Å²) in [6, 6.07) is 9.25. The summed E-state index contributed by atoms with van der Waals surface area (Å²) in [6.45, 7) is 1.43. The first-order valence-corrected chi connectivity index (χ1v) is 8.23. The van der Waals surface area contributed by atoms with Crippen molar-refractivity contribution >= 4 is 16.9 Å². The lowest BCUT2D eigenvalue weighted by molar-refractivity contribution is -0.139. The standard InChI is InChI=1S/C19H15F3N2O4/c1-3-28-18(27)13-15(25)11-9-12(10-7-5-4-6-8-10)23-16(19(20,21)22)14(11)24(2)17(13)26/h4-9,25H,3H2,1-2H3. The van der Waals surface area contributed by atoms with E-state index in [1.165, 1.54) is 13.0 Å². The SMILES string of the molecule is CCOC(=O)c1c(O)c2cc(-c3ccccc3)nc(C(F)(F)F)c2n(C)c1=O. The van der Waals surface area contributed by atoms with Crippen LogP contribution >= 0.6 is 0 Å². The number of hydrogen-bond donors (Lipinski definition) is 1. The molecular formula is C19H15F3N2O4. The van der Waals surface area contributed by atoms with E-state index < -0.39 is 40.2 Å². The third-order valence-electron chi connectivity index (χ3n) is 4.16. The van der Waals surface area contributed by atoms with Crippen molar-refractivity contribution in [3.05, 3.63) is 58.0 Å². The predicted octanol–water partition coefficient (Wildman–Crippen LogP) is 3.50. The summed E-state index contributed by atoms with van der Waals surface area (Å²) in [5, 5.41) is 10.2. The average molecular weight is 392 g/mol. The number of hydrogen-bond acceptors (Lipinski definition) is 5. The smallest absolute Gasteiger partial charge is 0.435 e. The van der Waals surface area contributed by atoms with Crippen molar-refractivity contribution < 1.29 is 27.8 Å². The van der Waals surface area contributed by atoms with Gasteiger partial charge in [0.1, 0.15) is 5.75 Å². The first-order chi connectivity index (χ1) is 13.2. The normalized spacial score (nSPS) is 11.6. The van der Waals surface area contributed by atoms with Crippen LogP contribution in [-0.2, 0) is 18.0 Å². The average Bonchev–Trinajstić information content (AvgIpc) is 2.65. The summed E-state index contributed by atoms with van der Waals surface area (Å²) < 4.78 is 46.5. The molecule has 0 fully saturated rings. The summed E-state index contributed by atoms with van der Waals surface area (Å²) in [5.74, 6) is -1.99. The Morgan fingerprint density at radius 1 is 1.25 bits per heavy atom. The van der Waals surface area contributed by atoms with Crippen LogP contribution in [0.1, 0.15) is 23.0 Å². The second-order valence-corrected chi connectivity index (χ2v) is 5.92. The van der Waals surface area contributed by atoms with Gasteiger partial charge >= 0.3 is 12.1 Å². The maximum atomic E-state index is 13.7. The molecule has 0 radical (unpaired) electrons. The summed E-state index contributed by atoms with van der Waals surface area (Å²) in [5.41, 5.74) is -3.49. The molecule has 1 aromatic carbocycles. The number of nitrogens with zero attached hydrogens (tertiary/aromatic N) is 2. The quantitative estimate of drug-likeness (QED) is 0.690. The summed E-state index contributed by atoms with van der Waals surface area (Å²) in [7, 11) is 1.08. The van der Waals surface area contributed by atoms with E-state index in [-0.39, 0.29) is 17.7 Å². The molecule has 0 spiro atoms. The molecule has 9 heteroatoms. The Kier molecular flexibility index (Phi) is 4.84. The fourth-order valence-electron chi connectivity index (χ4n) is 2.91. The van der Waals surface area contributed by atoms with E-state index in [1.54, 1.807) is 30.3 Å². The van der Waals surface area contributed by atoms with Crippen LogP contribution < -0.4 is 5.56 Å². The van der Waals surface area contributed by atoms with Gasteiger partial charge in [-0.3, -0.25) is 4.79 Å². The highest BCUT2D eigenvalue weighted by Gasteiger charge is 2.38. The van der Waals surface area contributed by atoms with Gasteiger partial charge in [0.25, 0.3) is 5.56 Å². The van der Waals surface area contributed by atoms with Crippen LogP contribution in [0, 0.1) is 0 Å². The van der Waals surface area contributed by atoms with Gasteiger partial charge in [0, 0.05) is 18.0 Å². The summed E-state index contributed by atoms with van der Waals surface area (Å²) in [4.78, 5) is 28.2. The molecule has 28 heavy (non-hydrogen) atoms. The minimum absolute atomic E-state index is 0.0656. The molecule has 0 saturated heterocycles. The Morgan fingerprint density at radius 3 is 2.46 bits per heavy atom. The van der Waals surface area contributed by atoms with Crippen LogP contribution in [0.15, 0.2) is 41.2 Å². The maximum absolute atomic E-state index is 13.7. The number of rotatable bonds is 3. The van der Waals surface area contributed by atoms with Gasteiger partial charge in [-0.15, -0.1) is 0 Å². The lowest BCUT2D eigenvalue weighted by Crippen LogP contribution is -2.28. The highest BCUT2D eigenvalue weighted by atomic mass is 19.4. The van der Waals surface area contributed by atoms with Gasteiger partial charge in [0.05, 0.1) is 17.8 Å². The van der Waals surface area contributed by atoms with E-state index in [4.69, 9.17) is 4.74 Å². The van der Waals surface area contributed by atoms with Crippen LogP contribution in [0.2, 0.25) is 0 Å². The fraction of sp³-hybridized carbons (Fsp3) is 0.211. The molecule has 0 bridgehead atoms. The number of aryl methyl sites for hydroxylation is 1. The van der Waals surface area contributed by atoms with E-state index >= 15 is 0 Å². The van der Waals surface area contributed by atoms with Gasteiger partial charge in [-0.25, -0.2) is 9.78 Å². The van der Waals surface area contributed by atoms with Crippen LogP contribution in [-0.4, -0.2) is 27.2 Å². The van der Waals surface area contributed by atoms with E-state index in [1.807, 2.05) is 0 Å². The van der Waals surface area contributed by atoms with Crippen molar-refractivity contribution in [2.75, 3.05) is 6.61 Å². The fourth-order valence-corrected chi connectivity index (χ4v) is 2.91. The van der Waals surface area contributed by atoms with Crippen molar-refractivity contribution in [2.45, 2.75) is 13.1 Å². The topological polar surface area (TPSA) is 81.4 Å². The highest BCUT2D eigenvalue weighted by Crippen LogP contribution is 2.38. The second kappa shape index (κ2) is 6.99. The Balaban J connectivity index is 2.48. The second-order valence-electron chi connectivity index (χ2n) is 5.92. The predicted molar refractivity (Wildman–Crippen MR) is 95.0 cm³/mol. The molecule has 0 aliphatic rings. The number of esters is 1. The zero-order valence-electron chi connectivity index (χ0n) is 14.9. The van der Waals surface area contributed by atoms with Gasteiger partial charge in [-0.05, 0) is 13.0 Å². The zero-order valence-corrected chi connectivity index (χ0v) is 14.9. The van der Waals surface area contributed by atoms with Crippen molar-refractivity contribution in [3.63, 3.8) is 0 Å². The maximum Gasteiger partial charge on any atom is 0.435 e. The largest absolute Gasteiger partial charge is 0.506 e. The molecule has 0 saturated carbocycles. The number of benzene rings is 1. The summed E-state index contributed by atoms with van der Waals surface area (Å²) >= 11 is 0. The van der Waals surface area contributed by atoms with Gasteiger partial charge in [0.2, 0.25) is 0 Å². The molecule has 6 nitrogen and oxygen atoms in total. The van der Waals surface area contributed by atoms with Gasteiger partial charge in [0.15, 0.2) is 11.3 Å². The minimum Gasteiger partial charge on any atom is -0.506 e. The first-order valence-electron chi connectivity index (χ1n) is 8.23. The highest BCUT2D eigenvalue weighted by molar-refractivity contribution is 6.01. The van der Waals surface area contributed by atoms with Crippen LogP contribution in [0.25, 0.3) is 22.2 Å². The molecule has 0 atom stereocenters. The Morgan fingerprint density at radius 2 is 1.89 bits per heavy atom. The molecule has 0 aliphatic heterocycles. The van der Waals surface area contributed by atoms with Crippen molar-refractivity contribution in [1.29, 1.82) is 0 Å². The van der Waals surface area contributed by atoms with E-state index in [0.29, 0.717) is 10.1 Å². The van der Waals surface area contributed by atoms with Crippen LogP contribution in [0.4, 0.5) is 13.2 Å². The number of halogens is 3. The van der Waals surface area contributed by atoms with Crippen molar-refractivity contribution in [2.24, 2.45) is 7.05 Å². The third kappa shape index (κ3) is 3.19. The molecule has 3 aromatic rings. The first kappa shape index (κ1) is 19.4. The molecule has 0 amide bonds. The number of carbonyl (C=O) groups is 1. The lowest BCUT2D eigenvalue weighted by Gasteiger charge is -2.17. The molecule has 146 valence electrons. The number of ether oxygens (including phenoxy) is 1. The van der Waals surface area contributed by atoms with Crippen LogP contribution in [0.5, 0.6) is 5.75 Å². The molecule has 0 aliphatic carbocycles. The Hall–Kier alpha value is -3.36. The number of pyridine rings is 2. The lowest BCUT2D eigenvalue weighted by atomic mass is 10.0. The molecule has 3 rings (SSSR count). The molecule has 2 aromatic heterocycles. The van der Waals surface area contributed by atoms with Gasteiger partial charge in [-0.2, -0.15) is 13.2 Å². The number of carbonyl (C=O) groups excluding carboxylic acids is 1. The number of aromatic nitrogens is 2. The number of alkyl halides is 3.